The van der Waals surface area contributed by atoms with Crippen LogP contribution in [0.3, 0.4) is 0 Å². The van der Waals surface area contributed by atoms with Crippen molar-refractivity contribution in [2.24, 2.45) is 0 Å². The minimum atomic E-state index is -5.08. The van der Waals surface area contributed by atoms with Gasteiger partial charge in [-0.05, 0) is 6.92 Å². The first-order valence-corrected chi connectivity index (χ1v) is 3.66. The Bertz CT molecular complexity index is 280. The van der Waals surface area contributed by atoms with E-state index in [1.54, 1.807) is 0 Å². The smallest absolute Gasteiger partial charge is 0.475 e. The molecule has 5 heteroatoms. The van der Waals surface area contributed by atoms with E-state index >= 15 is 0 Å². The molecule has 0 spiro atoms. The Morgan fingerprint density at radius 3 is 1.71 bits per heavy atom. The summed E-state index contributed by atoms with van der Waals surface area (Å²) >= 11 is 0. The fourth-order valence-corrected chi connectivity index (χ4v) is 0.534. The van der Waals surface area contributed by atoms with Gasteiger partial charge in [-0.3, -0.25) is 0 Å². The molecule has 1 N–H and O–H groups in total. The zero-order valence-electron chi connectivity index (χ0n) is 7.38. The normalized spacial score (nSPS) is 10.0. The standard InChI is InChI=1S/C7H8.C2HF3O2/c1-7-5-3-2-4-6-7;3-2(4,5)1(6)7/h2-6H,1H3;(H,6,7). The number of carbonyl (C=O) groups is 1. The van der Waals surface area contributed by atoms with Crippen molar-refractivity contribution in [3.63, 3.8) is 0 Å². The lowest BCUT2D eigenvalue weighted by atomic mass is 10.2. The van der Waals surface area contributed by atoms with Crippen LogP contribution in [0.25, 0.3) is 0 Å². The summed E-state index contributed by atoms with van der Waals surface area (Å²) in [4.78, 5) is 8.90. The highest BCUT2D eigenvalue weighted by atomic mass is 19.4. The molecule has 0 atom stereocenters. The third-order valence-corrected chi connectivity index (χ3v) is 1.18. The third kappa shape index (κ3) is 6.05. The van der Waals surface area contributed by atoms with Gasteiger partial charge >= 0.3 is 12.1 Å². The van der Waals surface area contributed by atoms with Gasteiger partial charge in [-0.25, -0.2) is 4.79 Å². The van der Waals surface area contributed by atoms with Crippen molar-refractivity contribution in [2.45, 2.75) is 13.1 Å². The molecule has 14 heavy (non-hydrogen) atoms. The van der Waals surface area contributed by atoms with Crippen molar-refractivity contribution in [1.29, 1.82) is 0 Å². The van der Waals surface area contributed by atoms with Crippen molar-refractivity contribution in [2.75, 3.05) is 0 Å². The van der Waals surface area contributed by atoms with Crippen LogP contribution < -0.4 is 0 Å². The van der Waals surface area contributed by atoms with Crippen LogP contribution in [0.4, 0.5) is 13.2 Å². The van der Waals surface area contributed by atoms with Crippen LogP contribution >= 0.6 is 0 Å². The highest BCUT2D eigenvalue weighted by Gasteiger charge is 2.38. The van der Waals surface area contributed by atoms with Gasteiger partial charge in [0.1, 0.15) is 0 Å². The topological polar surface area (TPSA) is 37.3 Å². The average Bonchev–Trinajstić information content (AvgIpc) is 2.04. The minimum absolute atomic E-state index is 1.32. The van der Waals surface area contributed by atoms with Crippen LogP contribution in [0.2, 0.25) is 0 Å². The summed E-state index contributed by atoms with van der Waals surface area (Å²) in [6.07, 6.45) is -5.08. The van der Waals surface area contributed by atoms with Crippen LogP contribution in [0, 0.1) is 6.92 Å². The van der Waals surface area contributed by atoms with Gasteiger partial charge in [-0.2, -0.15) is 13.2 Å². The van der Waals surface area contributed by atoms with Crippen molar-refractivity contribution in [3.05, 3.63) is 35.9 Å². The molecule has 0 unspecified atom stereocenters. The Kier molecular flexibility index (Phi) is 4.69. The molecule has 0 saturated carbocycles. The van der Waals surface area contributed by atoms with Gasteiger partial charge in [0, 0.05) is 0 Å². The maximum Gasteiger partial charge on any atom is 0.490 e. The second-order valence-electron chi connectivity index (χ2n) is 2.46. The lowest BCUT2D eigenvalue weighted by molar-refractivity contribution is -0.192. The molecule has 1 aromatic carbocycles. The van der Waals surface area contributed by atoms with Crippen LogP contribution in [0.5, 0.6) is 0 Å². The number of alkyl halides is 3. The number of aliphatic carboxylic acids is 1. The van der Waals surface area contributed by atoms with Crippen molar-refractivity contribution in [1.82, 2.24) is 0 Å². The molecule has 0 aromatic heterocycles. The second-order valence-corrected chi connectivity index (χ2v) is 2.46. The van der Waals surface area contributed by atoms with E-state index in [0.717, 1.165) is 0 Å². The number of hydrogen-bond donors (Lipinski definition) is 1. The first kappa shape index (κ1) is 12.5. The quantitative estimate of drug-likeness (QED) is 0.708. The van der Waals surface area contributed by atoms with E-state index in [4.69, 9.17) is 9.90 Å². The number of carboxylic acid groups (broad SMARTS) is 1. The molecule has 0 heterocycles. The van der Waals surface area contributed by atoms with Crippen LogP contribution in [-0.4, -0.2) is 17.3 Å². The van der Waals surface area contributed by atoms with E-state index in [9.17, 15) is 13.2 Å². The molecule has 0 aliphatic carbocycles. The van der Waals surface area contributed by atoms with Crippen LogP contribution in [0.1, 0.15) is 5.56 Å². The molecule has 0 fully saturated rings. The third-order valence-electron chi connectivity index (χ3n) is 1.18. The molecular formula is C9H9F3O2. The Morgan fingerprint density at radius 1 is 1.21 bits per heavy atom. The lowest BCUT2D eigenvalue weighted by Crippen LogP contribution is -2.21. The maximum absolute atomic E-state index is 10.6. The molecule has 0 amide bonds. The van der Waals surface area contributed by atoms with E-state index in [-0.39, 0.29) is 0 Å². The molecule has 0 bridgehead atoms. The summed E-state index contributed by atoms with van der Waals surface area (Å²) < 4.78 is 31.7. The number of rotatable bonds is 0. The zero-order valence-corrected chi connectivity index (χ0v) is 7.38. The molecule has 0 saturated heterocycles. The van der Waals surface area contributed by atoms with Crippen molar-refractivity contribution >= 4 is 5.97 Å². The largest absolute Gasteiger partial charge is 0.490 e. The van der Waals surface area contributed by atoms with E-state index in [1.165, 1.54) is 5.56 Å². The Hall–Kier alpha value is -1.52. The molecule has 1 rings (SSSR count). The van der Waals surface area contributed by atoms with E-state index < -0.39 is 12.1 Å². The second kappa shape index (κ2) is 5.26. The Labute approximate surface area is 79.0 Å². The number of hydrogen-bond acceptors (Lipinski definition) is 1. The fraction of sp³-hybridized carbons (Fsp3) is 0.222. The number of carboxylic acids is 1. The highest BCUT2D eigenvalue weighted by Crippen LogP contribution is 2.13. The zero-order chi connectivity index (χ0) is 11.2. The van der Waals surface area contributed by atoms with Crippen LogP contribution in [0.15, 0.2) is 30.3 Å². The summed E-state index contributed by atoms with van der Waals surface area (Å²) in [5.74, 6) is -2.76. The summed E-state index contributed by atoms with van der Waals surface area (Å²) in [5.41, 5.74) is 1.32. The van der Waals surface area contributed by atoms with E-state index in [0.29, 0.717) is 0 Å². The Balaban J connectivity index is 0.000000241. The monoisotopic (exact) mass is 206 g/mol. The van der Waals surface area contributed by atoms with Gasteiger partial charge in [-0.1, -0.05) is 35.9 Å². The molecule has 0 radical (unpaired) electrons. The summed E-state index contributed by atoms with van der Waals surface area (Å²) in [6, 6.07) is 10.3. The SMILES string of the molecule is Cc1ccccc1.O=C(O)C(F)(F)F. The molecule has 1 aromatic rings. The van der Waals surface area contributed by atoms with Gasteiger partial charge in [0.05, 0.1) is 0 Å². The van der Waals surface area contributed by atoms with Gasteiger partial charge in [0.2, 0.25) is 0 Å². The van der Waals surface area contributed by atoms with Crippen molar-refractivity contribution in [3.8, 4) is 0 Å². The molecule has 2 nitrogen and oxygen atoms in total. The lowest BCUT2D eigenvalue weighted by Gasteiger charge is -1.93. The van der Waals surface area contributed by atoms with Gasteiger partial charge in [0.25, 0.3) is 0 Å². The highest BCUT2D eigenvalue weighted by molar-refractivity contribution is 5.73. The molecule has 0 aliphatic rings. The Morgan fingerprint density at radius 2 is 1.57 bits per heavy atom. The number of aryl methyl sites for hydroxylation is 1. The molecule has 0 aliphatic heterocycles. The van der Waals surface area contributed by atoms with Crippen LogP contribution in [-0.2, 0) is 4.79 Å². The fourth-order valence-electron chi connectivity index (χ4n) is 0.534. The summed E-state index contributed by atoms with van der Waals surface area (Å²) in [6.45, 7) is 2.08. The van der Waals surface area contributed by atoms with Gasteiger partial charge < -0.3 is 5.11 Å². The van der Waals surface area contributed by atoms with Crippen molar-refractivity contribution < 1.29 is 23.1 Å². The summed E-state index contributed by atoms with van der Waals surface area (Å²) in [7, 11) is 0. The minimum Gasteiger partial charge on any atom is -0.475 e. The predicted molar refractivity (Wildman–Crippen MR) is 44.9 cm³/mol. The first-order chi connectivity index (χ1) is 6.34. The van der Waals surface area contributed by atoms with E-state index in [1.807, 2.05) is 18.2 Å². The number of halogens is 3. The van der Waals surface area contributed by atoms with Gasteiger partial charge in [0.15, 0.2) is 0 Å². The predicted octanol–water partition coefficient (Wildman–Crippen LogP) is 2.63. The molecular weight excluding hydrogens is 197 g/mol. The van der Waals surface area contributed by atoms with E-state index in [2.05, 4.69) is 19.1 Å². The van der Waals surface area contributed by atoms with Gasteiger partial charge in [-0.15, -0.1) is 0 Å². The summed E-state index contributed by atoms with van der Waals surface area (Å²) in [5, 5.41) is 7.12. The molecule has 78 valence electrons. The first-order valence-electron chi connectivity index (χ1n) is 3.66. The maximum atomic E-state index is 10.6. The average molecular weight is 206 g/mol. The number of benzene rings is 1.